The Kier molecular flexibility index (Phi) is 5.36. The van der Waals surface area contributed by atoms with Crippen LogP contribution in [0.4, 0.5) is 0 Å². The normalized spacial score (nSPS) is 21.7. The van der Waals surface area contributed by atoms with Gasteiger partial charge >= 0.3 is 0 Å². The van der Waals surface area contributed by atoms with Crippen LogP contribution in [0.2, 0.25) is 0 Å². The number of hydrogen-bond donors (Lipinski definition) is 1. The number of hydrogen-bond acceptors (Lipinski definition) is 2. The van der Waals surface area contributed by atoms with E-state index in [1.807, 2.05) is 0 Å². The summed E-state index contributed by atoms with van der Waals surface area (Å²) in [5.74, 6) is 0.882. The van der Waals surface area contributed by atoms with Crippen molar-refractivity contribution in [2.75, 3.05) is 19.6 Å². The molecule has 2 nitrogen and oxygen atoms in total. The zero-order chi connectivity index (χ0) is 14.7. The van der Waals surface area contributed by atoms with Crippen LogP contribution in [0.15, 0.2) is 28.7 Å². The molecular formula is C18H27BrN2. The molecular weight excluding hydrogens is 324 g/mol. The Labute approximate surface area is 137 Å². The standard InChI is InChI=1S/C18H27BrN2/c1-2-18(15-4-3-5-16(19)12-15)21(17-6-7-17)13-14-8-10-20-11-9-14/h3-5,12,14,17-18,20H,2,6-11,13H2,1H3. The lowest BCUT2D eigenvalue weighted by atomic mass is 9.95. The Morgan fingerprint density at radius 2 is 2.00 bits per heavy atom. The van der Waals surface area contributed by atoms with E-state index in [4.69, 9.17) is 0 Å². The quantitative estimate of drug-likeness (QED) is 0.819. The average Bonchev–Trinajstić information content (AvgIpc) is 3.33. The van der Waals surface area contributed by atoms with Crippen molar-refractivity contribution >= 4 is 15.9 Å². The summed E-state index contributed by atoms with van der Waals surface area (Å²) in [4.78, 5) is 2.82. The van der Waals surface area contributed by atoms with Gasteiger partial charge in [-0.05, 0) is 68.8 Å². The highest BCUT2D eigenvalue weighted by Crippen LogP contribution is 2.38. The number of halogens is 1. The van der Waals surface area contributed by atoms with Crippen LogP contribution in [-0.4, -0.2) is 30.6 Å². The first-order valence-electron chi connectivity index (χ1n) is 8.50. The molecule has 1 unspecified atom stereocenters. The molecule has 1 N–H and O–H groups in total. The van der Waals surface area contributed by atoms with Gasteiger partial charge in [-0.3, -0.25) is 4.90 Å². The fourth-order valence-corrected chi connectivity index (χ4v) is 4.09. The topological polar surface area (TPSA) is 15.3 Å². The van der Waals surface area contributed by atoms with Gasteiger partial charge in [0.2, 0.25) is 0 Å². The number of nitrogens with one attached hydrogen (secondary N) is 1. The van der Waals surface area contributed by atoms with Crippen molar-refractivity contribution in [2.45, 2.75) is 51.1 Å². The molecule has 1 aromatic rings. The van der Waals surface area contributed by atoms with E-state index in [9.17, 15) is 0 Å². The second-order valence-electron chi connectivity index (χ2n) is 6.60. The molecule has 1 heterocycles. The van der Waals surface area contributed by atoms with Crippen LogP contribution < -0.4 is 5.32 Å². The minimum atomic E-state index is 0.588. The fourth-order valence-electron chi connectivity index (χ4n) is 3.67. The third kappa shape index (κ3) is 4.08. The molecule has 1 aromatic carbocycles. The molecule has 0 radical (unpaired) electrons. The molecule has 21 heavy (non-hydrogen) atoms. The van der Waals surface area contributed by atoms with Crippen molar-refractivity contribution < 1.29 is 0 Å². The van der Waals surface area contributed by atoms with Crippen molar-refractivity contribution in [3.63, 3.8) is 0 Å². The van der Waals surface area contributed by atoms with E-state index in [1.54, 1.807) is 0 Å². The zero-order valence-electron chi connectivity index (χ0n) is 13.0. The van der Waals surface area contributed by atoms with E-state index in [2.05, 4.69) is 57.3 Å². The molecule has 2 fully saturated rings. The summed E-state index contributed by atoms with van der Waals surface area (Å²) >= 11 is 3.63. The Hall–Kier alpha value is -0.380. The van der Waals surface area contributed by atoms with Gasteiger partial charge in [0.15, 0.2) is 0 Å². The molecule has 0 amide bonds. The lowest BCUT2D eigenvalue weighted by Gasteiger charge is -2.36. The molecule has 1 atom stereocenters. The highest BCUT2D eigenvalue weighted by molar-refractivity contribution is 9.10. The van der Waals surface area contributed by atoms with Crippen molar-refractivity contribution in [2.24, 2.45) is 5.92 Å². The van der Waals surface area contributed by atoms with Gasteiger partial charge in [0.05, 0.1) is 0 Å². The Morgan fingerprint density at radius 1 is 1.24 bits per heavy atom. The molecule has 0 aromatic heterocycles. The van der Waals surface area contributed by atoms with Crippen LogP contribution in [0, 0.1) is 5.92 Å². The third-order valence-corrected chi connectivity index (χ3v) is 5.46. The van der Waals surface area contributed by atoms with Gasteiger partial charge in [-0.15, -0.1) is 0 Å². The van der Waals surface area contributed by atoms with Crippen LogP contribution in [0.25, 0.3) is 0 Å². The van der Waals surface area contributed by atoms with Crippen LogP contribution in [0.5, 0.6) is 0 Å². The summed E-state index contributed by atoms with van der Waals surface area (Å²) in [6, 6.07) is 10.3. The summed E-state index contributed by atoms with van der Waals surface area (Å²) in [7, 11) is 0. The highest BCUT2D eigenvalue weighted by Gasteiger charge is 2.35. The molecule has 0 spiro atoms. The summed E-state index contributed by atoms with van der Waals surface area (Å²) in [6.45, 7) is 6.04. The second kappa shape index (κ2) is 7.26. The van der Waals surface area contributed by atoms with Crippen LogP contribution >= 0.6 is 15.9 Å². The lowest BCUT2D eigenvalue weighted by Crippen LogP contribution is -2.39. The SMILES string of the molecule is CCC(c1cccc(Br)c1)N(CC1CCNCC1)C1CC1. The number of nitrogens with zero attached hydrogens (tertiary/aromatic N) is 1. The van der Waals surface area contributed by atoms with Crippen LogP contribution in [-0.2, 0) is 0 Å². The molecule has 1 saturated carbocycles. The van der Waals surface area contributed by atoms with Gasteiger partial charge in [0.1, 0.15) is 0 Å². The largest absolute Gasteiger partial charge is 0.317 e. The summed E-state index contributed by atoms with van der Waals surface area (Å²) in [5, 5.41) is 3.49. The monoisotopic (exact) mass is 350 g/mol. The molecule has 1 aliphatic carbocycles. The molecule has 1 saturated heterocycles. The van der Waals surface area contributed by atoms with E-state index >= 15 is 0 Å². The maximum absolute atomic E-state index is 3.63. The van der Waals surface area contributed by atoms with Gasteiger partial charge < -0.3 is 5.32 Å². The summed E-state index contributed by atoms with van der Waals surface area (Å²) in [5.41, 5.74) is 1.48. The predicted octanol–water partition coefficient (Wildman–Crippen LogP) is 4.36. The van der Waals surface area contributed by atoms with Crippen molar-refractivity contribution in [3.05, 3.63) is 34.3 Å². The Morgan fingerprint density at radius 3 is 2.62 bits per heavy atom. The molecule has 116 valence electrons. The van der Waals surface area contributed by atoms with E-state index in [0.717, 1.165) is 12.0 Å². The first-order valence-corrected chi connectivity index (χ1v) is 9.29. The highest BCUT2D eigenvalue weighted by atomic mass is 79.9. The maximum atomic E-state index is 3.63. The van der Waals surface area contributed by atoms with E-state index in [-0.39, 0.29) is 0 Å². The first kappa shape index (κ1) is 15.5. The molecule has 2 aliphatic rings. The second-order valence-corrected chi connectivity index (χ2v) is 7.52. The molecule has 1 aliphatic heterocycles. The molecule has 3 heteroatoms. The zero-order valence-corrected chi connectivity index (χ0v) is 14.6. The van der Waals surface area contributed by atoms with Crippen LogP contribution in [0.1, 0.15) is 50.6 Å². The average molecular weight is 351 g/mol. The maximum Gasteiger partial charge on any atom is 0.0348 e. The molecule has 0 bridgehead atoms. The van der Waals surface area contributed by atoms with E-state index in [0.29, 0.717) is 6.04 Å². The van der Waals surface area contributed by atoms with Gasteiger partial charge in [0.25, 0.3) is 0 Å². The Bertz CT molecular complexity index is 452. The summed E-state index contributed by atoms with van der Waals surface area (Å²) < 4.78 is 1.20. The minimum Gasteiger partial charge on any atom is -0.317 e. The predicted molar refractivity (Wildman–Crippen MR) is 92.5 cm³/mol. The van der Waals surface area contributed by atoms with Gasteiger partial charge in [-0.25, -0.2) is 0 Å². The fraction of sp³-hybridized carbons (Fsp3) is 0.667. The number of benzene rings is 1. The Balaban J connectivity index is 1.74. The first-order chi connectivity index (χ1) is 10.3. The van der Waals surface area contributed by atoms with Crippen molar-refractivity contribution in [3.8, 4) is 0 Å². The van der Waals surface area contributed by atoms with Gasteiger partial charge in [-0.2, -0.15) is 0 Å². The number of rotatable bonds is 6. The van der Waals surface area contributed by atoms with E-state index in [1.165, 1.54) is 61.8 Å². The van der Waals surface area contributed by atoms with Crippen LogP contribution in [0.3, 0.4) is 0 Å². The van der Waals surface area contributed by atoms with Gasteiger partial charge in [0, 0.05) is 23.1 Å². The summed E-state index contributed by atoms with van der Waals surface area (Å²) in [6.07, 6.45) is 6.69. The molecule has 3 rings (SSSR count). The third-order valence-electron chi connectivity index (χ3n) is 4.96. The van der Waals surface area contributed by atoms with Gasteiger partial charge in [-0.1, -0.05) is 35.0 Å². The number of piperidine rings is 1. The minimum absolute atomic E-state index is 0.588. The lowest BCUT2D eigenvalue weighted by molar-refractivity contribution is 0.139. The van der Waals surface area contributed by atoms with Crippen molar-refractivity contribution in [1.29, 1.82) is 0 Å². The smallest absolute Gasteiger partial charge is 0.0348 e. The van der Waals surface area contributed by atoms with Crippen molar-refractivity contribution in [1.82, 2.24) is 10.2 Å². The van der Waals surface area contributed by atoms with E-state index < -0.39 is 0 Å².